The van der Waals surface area contributed by atoms with Gasteiger partial charge in [-0.25, -0.2) is 4.79 Å². The number of hydrogen-bond acceptors (Lipinski definition) is 3. The molecule has 1 aromatic heterocycles. The molecule has 1 N–H and O–H groups in total. The van der Waals surface area contributed by atoms with Gasteiger partial charge in [-0.15, -0.1) is 0 Å². The summed E-state index contributed by atoms with van der Waals surface area (Å²) in [6, 6.07) is 7.83. The molecule has 0 aliphatic heterocycles. The fraction of sp³-hybridized carbons (Fsp3) is 0.200. The Morgan fingerprint density at radius 3 is 2.20 bits per heavy atom. The molecule has 2 rings (SSSR count). The normalized spacial score (nSPS) is 10.3. The number of carboxylic acid groups (broad SMARTS) is 1. The molecule has 0 saturated heterocycles. The van der Waals surface area contributed by atoms with Gasteiger partial charge in [0, 0.05) is 12.7 Å². The Balaban J connectivity index is 2.26. The van der Waals surface area contributed by atoms with Gasteiger partial charge in [0.1, 0.15) is 11.5 Å². The molecule has 0 atom stereocenters. The molecule has 1 heterocycles. The molecule has 0 saturated carbocycles. The van der Waals surface area contributed by atoms with Gasteiger partial charge < -0.3 is 14.4 Å². The van der Waals surface area contributed by atoms with Gasteiger partial charge in [-0.2, -0.15) is 0 Å². The predicted molar refractivity (Wildman–Crippen MR) is 74.3 cm³/mol. The van der Waals surface area contributed by atoms with Crippen molar-refractivity contribution in [1.82, 2.24) is 0 Å². The lowest BCUT2D eigenvalue weighted by molar-refractivity contribution is 0.0696. The first-order valence-electron chi connectivity index (χ1n) is 6.08. The highest BCUT2D eigenvalue weighted by atomic mass is 16.4. The van der Waals surface area contributed by atoms with E-state index in [1.807, 2.05) is 0 Å². The lowest BCUT2D eigenvalue weighted by atomic mass is 10.1. The molecule has 2 aromatic rings. The van der Waals surface area contributed by atoms with Gasteiger partial charge >= 0.3 is 5.97 Å². The first kappa shape index (κ1) is 13.9. The van der Waals surface area contributed by atoms with Crippen LogP contribution in [0, 0.1) is 13.8 Å². The molecule has 5 nitrogen and oxygen atoms in total. The van der Waals surface area contributed by atoms with Crippen molar-refractivity contribution in [3.8, 4) is 0 Å². The van der Waals surface area contributed by atoms with Crippen molar-refractivity contribution in [3.05, 3.63) is 53.0 Å². The first-order chi connectivity index (χ1) is 9.40. The van der Waals surface area contributed by atoms with Crippen molar-refractivity contribution in [2.75, 3.05) is 11.9 Å². The summed E-state index contributed by atoms with van der Waals surface area (Å²) in [7, 11) is 1.64. The third-order valence-corrected chi connectivity index (χ3v) is 3.08. The van der Waals surface area contributed by atoms with Gasteiger partial charge in [0.25, 0.3) is 5.91 Å². The van der Waals surface area contributed by atoms with Crippen molar-refractivity contribution in [2.24, 2.45) is 0 Å². The lowest BCUT2D eigenvalue weighted by Gasteiger charge is -2.17. The third kappa shape index (κ3) is 2.56. The van der Waals surface area contributed by atoms with Crippen molar-refractivity contribution >= 4 is 17.6 Å². The molecule has 20 heavy (non-hydrogen) atoms. The Bertz CT molecular complexity index is 655. The van der Waals surface area contributed by atoms with Crippen LogP contribution in [0.1, 0.15) is 32.2 Å². The maximum Gasteiger partial charge on any atom is 0.335 e. The number of nitrogens with zero attached hydrogens (tertiary/aromatic N) is 1. The van der Waals surface area contributed by atoms with Crippen molar-refractivity contribution in [1.29, 1.82) is 0 Å². The Labute approximate surface area is 116 Å². The van der Waals surface area contributed by atoms with Crippen LogP contribution in [0.3, 0.4) is 0 Å². The zero-order valence-electron chi connectivity index (χ0n) is 11.5. The summed E-state index contributed by atoms with van der Waals surface area (Å²) in [5.41, 5.74) is 1.32. The van der Waals surface area contributed by atoms with Crippen LogP contribution < -0.4 is 4.90 Å². The third-order valence-electron chi connectivity index (χ3n) is 3.08. The molecule has 1 aromatic carbocycles. The molecule has 0 spiro atoms. The highest BCUT2D eigenvalue weighted by Gasteiger charge is 2.19. The van der Waals surface area contributed by atoms with Gasteiger partial charge in [0.15, 0.2) is 0 Å². The molecule has 0 aliphatic carbocycles. The van der Waals surface area contributed by atoms with Crippen molar-refractivity contribution < 1.29 is 19.1 Å². The molecule has 1 amide bonds. The predicted octanol–water partition coefficient (Wildman–Crippen LogP) is 2.87. The summed E-state index contributed by atoms with van der Waals surface area (Å²) < 4.78 is 5.35. The van der Waals surface area contributed by atoms with Crippen LogP contribution in [0.2, 0.25) is 0 Å². The van der Waals surface area contributed by atoms with Crippen LogP contribution in [0.25, 0.3) is 0 Å². The minimum Gasteiger partial charge on any atom is -0.478 e. The van der Waals surface area contributed by atoms with E-state index in [0.29, 0.717) is 22.8 Å². The van der Waals surface area contributed by atoms with E-state index in [1.165, 1.54) is 17.0 Å². The fourth-order valence-electron chi connectivity index (χ4n) is 1.97. The molecule has 0 bridgehead atoms. The smallest absolute Gasteiger partial charge is 0.335 e. The van der Waals surface area contributed by atoms with Crippen LogP contribution in [0.15, 0.2) is 34.7 Å². The van der Waals surface area contributed by atoms with E-state index in [4.69, 9.17) is 9.52 Å². The largest absolute Gasteiger partial charge is 0.478 e. The van der Waals surface area contributed by atoms with E-state index in [-0.39, 0.29) is 11.5 Å². The molecule has 0 aliphatic rings. The van der Waals surface area contributed by atoms with E-state index in [9.17, 15) is 9.59 Å². The number of carbonyl (C=O) groups excluding carboxylic acids is 1. The Morgan fingerprint density at radius 1 is 1.15 bits per heavy atom. The SMILES string of the molecule is Cc1cc(C(=O)N(C)c2ccc(C(=O)O)cc2)c(C)o1. The molecule has 5 heteroatoms. The van der Waals surface area contributed by atoms with Crippen LogP contribution in [-0.2, 0) is 0 Å². The maximum atomic E-state index is 12.3. The number of furan rings is 1. The van der Waals surface area contributed by atoms with Crippen molar-refractivity contribution in [2.45, 2.75) is 13.8 Å². The zero-order chi connectivity index (χ0) is 14.9. The van der Waals surface area contributed by atoms with Gasteiger partial charge in [0.05, 0.1) is 11.1 Å². The monoisotopic (exact) mass is 273 g/mol. The minimum atomic E-state index is -0.994. The number of aromatic carboxylic acids is 1. The number of anilines is 1. The number of hydrogen-bond donors (Lipinski definition) is 1. The van der Waals surface area contributed by atoms with E-state index in [1.54, 1.807) is 39.1 Å². The van der Waals surface area contributed by atoms with E-state index in [2.05, 4.69) is 0 Å². The van der Waals surface area contributed by atoms with Gasteiger partial charge in [-0.1, -0.05) is 0 Å². The summed E-state index contributed by atoms with van der Waals surface area (Å²) in [6.45, 7) is 3.52. The van der Waals surface area contributed by atoms with E-state index < -0.39 is 5.97 Å². The molecule has 0 fully saturated rings. The number of benzene rings is 1. The topological polar surface area (TPSA) is 70.8 Å². The second-order valence-electron chi connectivity index (χ2n) is 4.54. The van der Waals surface area contributed by atoms with Crippen LogP contribution >= 0.6 is 0 Å². The zero-order valence-corrected chi connectivity index (χ0v) is 11.5. The number of carbonyl (C=O) groups is 2. The molecular formula is C15H15NO4. The summed E-state index contributed by atoms with van der Waals surface area (Å²) >= 11 is 0. The van der Waals surface area contributed by atoms with E-state index >= 15 is 0 Å². The summed E-state index contributed by atoms with van der Waals surface area (Å²) in [5, 5.41) is 8.85. The van der Waals surface area contributed by atoms with Crippen LogP contribution in [0.5, 0.6) is 0 Å². The Hall–Kier alpha value is -2.56. The average molecular weight is 273 g/mol. The maximum absolute atomic E-state index is 12.3. The minimum absolute atomic E-state index is 0.185. The molecule has 104 valence electrons. The van der Waals surface area contributed by atoms with E-state index in [0.717, 1.165) is 0 Å². The Morgan fingerprint density at radius 2 is 1.75 bits per heavy atom. The molecular weight excluding hydrogens is 258 g/mol. The molecule has 0 radical (unpaired) electrons. The highest BCUT2D eigenvalue weighted by molar-refractivity contribution is 6.06. The second-order valence-corrected chi connectivity index (χ2v) is 4.54. The van der Waals surface area contributed by atoms with Crippen molar-refractivity contribution in [3.63, 3.8) is 0 Å². The summed E-state index contributed by atoms with van der Waals surface area (Å²) in [5.74, 6) is 0.0660. The highest BCUT2D eigenvalue weighted by Crippen LogP contribution is 2.20. The Kier molecular flexibility index (Phi) is 3.61. The standard InChI is InChI=1S/C15H15NO4/c1-9-8-13(10(2)20-9)14(17)16(3)12-6-4-11(5-7-12)15(18)19/h4-8H,1-3H3,(H,18,19). The molecule has 0 unspecified atom stereocenters. The van der Waals surface area contributed by atoms with Crippen LogP contribution in [-0.4, -0.2) is 24.0 Å². The van der Waals surface area contributed by atoms with Gasteiger partial charge in [0.2, 0.25) is 0 Å². The summed E-state index contributed by atoms with van der Waals surface area (Å²) in [6.07, 6.45) is 0. The average Bonchev–Trinajstić information content (AvgIpc) is 2.76. The number of carboxylic acids is 1. The number of rotatable bonds is 3. The van der Waals surface area contributed by atoms with Crippen LogP contribution in [0.4, 0.5) is 5.69 Å². The number of aryl methyl sites for hydroxylation is 2. The number of amides is 1. The quantitative estimate of drug-likeness (QED) is 0.933. The fourth-order valence-corrected chi connectivity index (χ4v) is 1.97. The first-order valence-corrected chi connectivity index (χ1v) is 6.08. The summed E-state index contributed by atoms with van der Waals surface area (Å²) in [4.78, 5) is 24.6. The van der Waals surface area contributed by atoms with Gasteiger partial charge in [-0.05, 0) is 44.2 Å². The lowest BCUT2D eigenvalue weighted by Crippen LogP contribution is -2.26. The van der Waals surface area contributed by atoms with Gasteiger partial charge in [-0.3, -0.25) is 4.79 Å². The second kappa shape index (κ2) is 5.21.